The second kappa shape index (κ2) is 9.42. The Labute approximate surface area is 177 Å². The van der Waals surface area contributed by atoms with Crippen LogP contribution in [-0.2, 0) is 4.79 Å². The van der Waals surface area contributed by atoms with Crippen molar-refractivity contribution in [2.45, 2.75) is 31.7 Å². The van der Waals surface area contributed by atoms with Crippen molar-refractivity contribution in [2.24, 2.45) is 0 Å². The van der Waals surface area contributed by atoms with Gasteiger partial charge in [-0.05, 0) is 36.8 Å². The summed E-state index contributed by atoms with van der Waals surface area (Å²) in [5.41, 5.74) is 0.393. The van der Waals surface area contributed by atoms with Gasteiger partial charge >= 0.3 is 0 Å². The van der Waals surface area contributed by atoms with E-state index in [9.17, 15) is 9.59 Å². The maximum absolute atomic E-state index is 13.6. The first-order valence-corrected chi connectivity index (χ1v) is 10.6. The average Bonchev–Trinajstić information content (AvgIpc) is 2.73. The molecule has 0 spiro atoms. The van der Waals surface area contributed by atoms with E-state index in [0.29, 0.717) is 30.0 Å². The molecule has 2 aromatic rings. The summed E-state index contributed by atoms with van der Waals surface area (Å²) in [7, 11) is 2.13. The first kappa shape index (κ1) is 21.3. The minimum Gasteiger partial charge on any atom is -0.337 e. The van der Waals surface area contributed by atoms with Crippen LogP contribution in [0.4, 0.5) is 5.69 Å². The van der Waals surface area contributed by atoms with Crippen LogP contribution in [0, 0.1) is 0 Å². The van der Waals surface area contributed by atoms with Crippen LogP contribution in [0.1, 0.15) is 36.5 Å². The highest BCUT2D eigenvalue weighted by atomic mass is 35.5. The Hall–Kier alpha value is -2.37. The molecule has 1 saturated heterocycles. The van der Waals surface area contributed by atoms with Gasteiger partial charge in [-0.15, -0.1) is 0 Å². The number of para-hydroxylation sites is 1. The minimum absolute atomic E-state index is 0.111. The molecule has 6 heteroatoms. The van der Waals surface area contributed by atoms with Crippen LogP contribution >= 0.6 is 11.6 Å². The van der Waals surface area contributed by atoms with Gasteiger partial charge in [-0.25, -0.2) is 0 Å². The fourth-order valence-electron chi connectivity index (χ4n) is 3.99. The van der Waals surface area contributed by atoms with Crippen molar-refractivity contribution >= 4 is 29.1 Å². The van der Waals surface area contributed by atoms with Gasteiger partial charge in [0.1, 0.15) is 5.54 Å². The number of nitrogens with one attached hydrogen (secondary N) is 2. The number of amides is 2. The van der Waals surface area contributed by atoms with Crippen molar-refractivity contribution in [1.29, 1.82) is 0 Å². The molecule has 5 nitrogen and oxygen atoms in total. The SMILES string of the molecule is CCCN(C(=O)c1cccc(Cl)c1)C1(C(=O)Nc2ccccc2)CC[NH+](C)CC1. The third-order valence-electron chi connectivity index (χ3n) is 5.67. The lowest BCUT2D eigenvalue weighted by atomic mass is 9.83. The molecular formula is C23H29ClN3O2+. The monoisotopic (exact) mass is 414 g/mol. The number of hydrogen-bond acceptors (Lipinski definition) is 2. The van der Waals surface area contributed by atoms with Gasteiger partial charge in [-0.3, -0.25) is 9.59 Å². The lowest BCUT2D eigenvalue weighted by Crippen LogP contribution is -3.11. The van der Waals surface area contributed by atoms with Gasteiger partial charge < -0.3 is 15.1 Å². The number of carbonyl (C=O) groups excluding carboxylic acids is 2. The zero-order chi connectivity index (χ0) is 20.9. The van der Waals surface area contributed by atoms with Gasteiger partial charge in [0.15, 0.2) is 0 Å². The van der Waals surface area contributed by atoms with E-state index in [4.69, 9.17) is 11.6 Å². The molecule has 2 amide bonds. The van der Waals surface area contributed by atoms with E-state index in [1.807, 2.05) is 37.3 Å². The number of anilines is 1. The molecule has 0 saturated carbocycles. The number of halogens is 1. The van der Waals surface area contributed by atoms with Crippen LogP contribution in [0.15, 0.2) is 54.6 Å². The molecule has 2 N–H and O–H groups in total. The molecule has 1 aliphatic heterocycles. The molecule has 1 aliphatic rings. The Bertz CT molecular complexity index is 848. The lowest BCUT2D eigenvalue weighted by Gasteiger charge is -2.45. The Balaban J connectivity index is 1.97. The second-order valence-electron chi connectivity index (χ2n) is 7.78. The minimum atomic E-state index is -0.870. The molecule has 0 aromatic heterocycles. The van der Waals surface area contributed by atoms with E-state index >= 15 is 0 Å². The molecule has 1 heterocycles. The van der Waals surface area contributed by atoms with Crippen molar-refractivity contribution in [1.82, 2.24) is 4.90 Å². The fraction of sp³-hybridized carbons (Fsp3) is 0.391. The quantitative estimate of drug-likeness (QED) is 0.763. The molecule has 0 aliphatic carbocycles. The van der Waals surface area contributed by atoms with Crippen molar-refractivity contribution in [3.63, 3.8) is 0 Å². The summed E-state index contributed by atoms with van der Waals surface area (Å²) in [5, 5.41) is 3.57. The Morgan fingerprint density at radius 2 is 1.79 bits per heavy atom. The van der Waals surface area contributed by atoms with E-state index in [0.717, 1.165) is 25.2 Å². The molecule has 1 fully saturated rings. The predicted octanol–water partition coefficient (Wildman–Crippen LogP) is 2.88. The largest absolute Gasteiger partial charge is 0.337 e. The van der Waals surface area contributed by atoms with Gasteiger partial charge in [0.2, 0.25) is 0 Å². The van der Waals surface area contributed by atoms with Crippen molar-refractivity contribution in [3.8, 4) is 0 Å². The highest BCUT2D eigenvalue weighted by Gasteiger charge is 2.49. The number of hydrogen-bond donors (Lipinski definition) is 2. The van der Waals surface area contributed by atoms with Crippen molar-refractivity contribution in [3.05, 3.63) is 65.2 Å². The summed E-state index contributed by atoms with van der Waals surface area (Å²) in [6.07, 6.45) is 2.03. The Kier molecular flexibility index (Phi) is 6.93. The topological polar surface area (TPSA) is 53.9 Å². The molecule has 29 heavy (non-hydrogen) atoms. The van der Waals surface area contributed by atoms with E-state index in [1.54, 1.807) is 29.2 Å². The smallest absolute Gasteiger partial charge is 0.254 e. The molecule has 0 bridgehead atoms. The van der Waals surface area contributed by atoms with Crippen molar-refractivity contribution < 1.29 is 14.5 Å². The fourth-order valence-corrected chi connectivity index (χ4v) is 4.18. The maximum atomic E-state index is 13.6. The highest BCUT2D eigenvalue weighted by Crippen LogP contribution is 2.30. The number of rotatable bonds is 6. The molecule has 3 rings (SSSR count). The molecule has 0 atom stereocenters. The Morgan fingerprint density at radius 1 is 1.10 bits per heavy atom. The zero-order valence-corrected chi connectivity index (χ0v) is 17.8. The van der Waals surface area contributed by atoms with E-state index in [1.165, 1.54) is 4.90 Å². The number of likely N-dealkylation sites (tertiary alicyclic amines) is 1. The summed E-state index contributed by atoms with van der Waals surface area (Å²) < 4.78 is 0. The number of benzene rings is 2. The number of quaternary nitrogens is 1. The Morgan fingerprint density at radius 3 is 2.41 bits per heavy atom. The van der Waals surface area contributed by atoms with Crippen LogP contribution in [0.2, 0.25) is 5.02 Å². The third kappa shape index (κ3) is 4.80. The van der Waals surface area contributed by atoms with Crippen LogP contribution in [0.3, 0.4) is 0 Å². The first-order valence-electron chi connectivity index (χ1n) is 10.2. The normalized spacial score (nSPS) is 21.4. The molecule has 154 valence electrons. The standard InChI is InChI=1S/C23H28ClN3O2/c1-3-14-27(21(28)18-8-7-9-19(24)17-18)23(12-15-26(2)16-13-23)22(29)25-20-10-5-4-6-11-20/h4-11,17H,3,12-16H2,1-2H3,(H,25,29)/p+1. The van der Waals surface area contributed by atoms with Crippen molar-refractivity contribution in [2.75, 3.05) is 32.0 Å². The predicted molar refractivity (Wildman–Crippen MR) is 116 cm³/mol. The summed E-state index contributed by atoms with van der Waals surface area (Å²) in [6.45, 7) is 4.23. The van der Waals surface area contributed by atoms with E-state index < -0.39 is 5.54 Å². The average molecular weight is 415 g/mol. The van der Waals surface area contributed by atoms with E-state index in [-0.39, 0.29) is 11.8 Å². The summed E-state index contributed by atoms with van der Waals surface area (Å²) in [6, 6.07) is 16.4. The zero-order valence-electron chi connectivity index (χ0n) is 17.1. The molecular weight excluding hydrogens is 386 g/mol. The second-order valence-corrected chi connectivity index (χ2v) is 8.21. The van der Waals surface area contributed by atoms with Crippen LogP contribution < -0.4 is 10.2 Å². The maximum Gasteiger partial charge on any atom is 0.254 e. The first-order chi connectivity index (χ1) is 14.0. The third-order valence-corrected chi connectivity index (χ3v) is 5.90. The highest BCUT2D eigenvalue weighted by molar-refractivity contribution is 6.31. The number of piperidine rings is 1. The van der Waals surface area contributed by atoms with E-state index in [2.05, 4.69) is 12.4 Å². The van der Waals surface area contributed by atoms with Gasteiger partial charge in [-0.1, -0.05) is 42.8 Å². The summed E-state index contributed by atoms with van der Waals surface area (Å²) in [4.78, 5) is 30.2. The van der Waals surface area contributed by atoms with Gasteiger partial charge in [0.05, 0.1) is 20.1 Å². The molecule has 0 unspecified atom stereocenters. The molecule has 2 aromatic carbocycles. The van der Waals surface area contributed by atoms with Crippen LogP contribution in [0.25, 0.3) is 0 Å². The summed E-state index contributed by atoms with van der Waals surface area (Å²) >= 11 is 6.13. The van der Waals surface area contributed by atoms with Gasteiger partial charge in [0, 0.05) is 35.7 Å². The number of nitrogens with zero attached hydrogens (tertiary/aromatic N) is 1. The number of carbonyl (C=O) groups is 2. The van der Waals surface area contributed by atoms with Gasteiger partial charge in [-0.2, -0.15) is 0 Å². The van der Waals surface area contributed by atoms with Crippen LogP contribution in [-0.4, -0.2) is 48.9 Å². The lowest BCUT2D eigenvalue weighted by molar-refractivity contribution is -0.886. The van der Waals surface area contributed by atoms with Crippen LogP contribution in [0.5, 0.6) is 0 Å². The molecule has 0 radical (unpaired) electrons. The van der Waals surface area contributed by atoms with Gasteiger partial charge in [0.25, 0.3) is 11.8 Å². The summed E-state index contributed by atoms with van der Waals surface area (Å²) in [5.74, 6) is -0.253.